The number of anilines is 1. The standard InChI is InChI=1S/C15H19F2NO3/c1-9-3-2-4-15(7-9,8-19)18-13-11(16)5-10(14(20)21)6-12(13)17/h5-6,9,18-19H,2-4,7-8H2,1H3,(H,20,21). The van der Waals surface area contributed by atoms with E-state index in [1.165, 1.54) is 0 Å². The van der Waals surface area contributed by atoms with Gasteiger partial charge in [0.15, 0.2) is 0 Å². The molecule has 2 unspecified atom stereocenters. The Balaban J connectivity index is 2.31. The summed E-state index contributed by atoms with van der Waals surface area (Å²) in [4.78, 5) is 10.8. The average Bonchev–Trinajstić information content (AvgIpc) is 2.42. The number of rotatable bonds is 4. The third-order valence-electron chi connectivity index (χ3n) is 4.07. The topological polar surface area (TPSA) is 69.6 Å². The number of aromatic carboxylic acids is 1. The van der Waals surface area contributed by atoms with Crippen LogP contribution in [0.4, 0.5) is 14.5 Å². The second-order valence-electron chi connectivity index (χ2n) is 5.89. The fraction of sp³-hybridized carbons (Fsp3) is 0.533. The Labute approximate surface area is 121 Å². The van der Waals surface area contributed by atoms with Crippen molar-refractivity contribution in [3.63, 3.8) is 0 Å². The van der Waals surface area contributed by atoms with Crippen LogP contribution in [0.1, 0.15) is 43.0 Å². The largest absolute Gasteiger partial charge is 0.478 e. The SMILES string of the molecule is CC1CCCC(CO)(Nc2c(F)cc(C(=O)O)cc2F)C1. The second kappa shape index (κ2) is 5.97. The van der Waals surface area contributed by atoms with Crippen LogP contribution in [0.3, 0.4) is 0 Å². The lowest BCUT2D eigenvalue weighted by molar-refractivity contribution is 0.0695. The minimum absolute atomic E-state index is 0.225. The van der Waals surface area contributed by atoms with Crippen molar-refractivity contribution in [3.05, 3.63) is 29.3 Å². The lowest BCUT2D eigenvalue weighted by atomic mass is 9.76. The molecule has 116 valence electrons. The van der Waals surface area contributed by atoms with Crippen molar-refractivity contribution < 1.29 is 23.8 Å². The number of hydrogen-bond acceptors (Lipinski definition) is 3. The maximum Gasteiger partial charge on any atom is 0.335 e. The van der Waals surface area contributed by atoms with Crippen LogP contribution in [0.5, 0.6) is 0 Å². The van der Waals surface area contributed by atoms with Crippen molar-refractivity contribution in [1.82, 2.24) is 0 Å². The molecule has 1 aliphatic carbocycles. The summed E-state index contributed by atoms with van der Waals surface area (Å²) < 4.78 is 28.0. The van der Waals surface area contributed by atoms with Crippen molar-refractivity contribution in [3.8, 4) is 0 Å². The van der Waals surface area contributed by atoms with Gasteiger partial charge in [-0.05, 0) is 30.9 Å². The molecule has 0 aromatic heterocycles. The van der Waals surface area contributed by atoms with Gasteiger partial charge < -0.3 is 15.5 Å². The third-order valence-corrected chi connectivity index (χ3v) is 4.07. The predicted molar refractivity (Wildman–Crippen MR) is 74.4 cm³/mol. The van der Waals surface area contributed by atoms with Gasteiger partial charge in [-0.1, -0.05) is 19.8 Å². The van der Waals surface area contributed by atoms with E-state index < -0.39 is 28.7 Å². The molecule has 2 rings (SSSR count). The summed E-state index contributed by atoms with van der Waals surface area (Å²) in [5.41, 5.74) is -1.57. The van der Waals surface area contributed by atoms with E-state index in [4.69, 9.17) is 5.11 Å². The number of aliphatic hydroxyl groups is 1. The average molecular weight is 299 g/mol. The maximum atomic E-state index is 14.0. The van der Waals surface area contributed by atoms with E-state index in [1.807, 2.05) is 6.92 Å². The Morgan fingerprint density at radius 2 is 2.05 bits per heavy atom. The lowest BCUT2D eigenvalue weighted by Crippen LogP contribution is -2.46. The van der Waals surface area contributed by atoms with Gasteiger partial charge in [-0.25, -0.2) is 13.6 Å². The van der Waals surface area contributed by atoms with Crippen molar-refractivity contribution in [2.24, 2.45) is 5.92 Å². The molecule has 2 atom stereocenters. The quantitative estimate of drug-likeness (QED) is 0.799. The number of hydrogen-bond donors (Lipinski definition) is 3. The monoisotopic (exact) mass is 299 g/mol. The Kier molecular flexibility index (Phi) is 4.46. The summed E-state index contributed by atoms with van der Waals surface area (Å²) >= 11 is 0. The molecule has 1 aromatic carbocycles. The van der Waals surface area contributed by atoms with Crippen LogP contribution in [0.25, 0.3) is 0 Å². The van der Waals surface area contributed by atoms with Crippen molar-refractivity contribution >= 4 is 11.7 Å². The number of nitrogens with one attached hydrogen (secondary N) is 1. The van der Waals surface area contributed by atoms with Crippen LogP contribution in [-0.4, -0.2) is 28.3 Å². The van der Waals surface area contributed by atoms with Gasteiger partial charge in [0.1, 0.15) is 17.3 Å². The first-order valence-electron chi connectivity index (χ1n) is 6.98. The highest BCUT2D eigenvalue weighted by molar-refractivity contribution is 5.88. The fourth-order valence-electron chi connectivity index (χ4n) is 3.04. The molecule has 0 heterocycles. The summed E-state index contributed by atoms with van der Waals surface area (Å²) in [5.74, 6) is -2.96. The normalized spacial score (nSPS) is 25.6. The first-order valence-corrected chi connectivity index (χ1v) is 6.98. The van der Waals surface area contributed by atoms with E-state index in [1.54, 1.807) is 0 Å². The van der Waals surface area contributed by atoms with Crippen molar-refractivity contribution in [1.29, 1.82) is 0 Å². The first-order chi connectivity index (χ1) is 9.87. The van der Waals surface area contributed by atoms with E-state index in [0.717, 1.165) is 25.0 Å². The molecule has 1 fully saturated rings. The number of halogens is 2. The van der Waals surface area contributed by atoms with Gasteiger partial charge >= 0.3 is 5.97 Å². The zero-order valence-electron chi connectivity index (χ0n) is 11.8. The highest BCUT2D eigenvalue weighted by atomic mass is 19.1. The van der Waals surface area contributed by atoms with Crippen molar-refractivity contribution in [2.75, 3.05) is 11.9 Å². The van der Waals surface area contributed by atoms with Crippen LogP contribution >= 0.6 is 0 Å². The van der Waals surface area contributed by atoms with E-state index in [2.05, 4.69) is 5.32 Å². The van der Waals surface area contributed by atoms with E-state index in [9.17, 15) is 18.7 Å². The molecule has 0 aliphatic heterocycles. The van der Waals surface area contributed by atoms with E-state index >= 15 is 0 Å². The predicted octanol–water partition coefficient (Wildman–Crippen LogP) is 3.02. The highest BCUT2D eigenvalue weighted by Crippen LogP contribution is 2.36. The van der Waals surface area contributed by atoms with E-state index in [0.29, 0.717) is 18.8 Å². The lowest BCUT2D eigenvalue weighted by Gasteiger charge is -2.40. The molecule has 0 radical (unpaired) electrons. The summed E-state index contributed by atoms with van der Waals surface area (Å²) in [6, 6.07) is 1.57. The van der Waals surface area contributed by atoms with Crippen LogP contribution in [-0.2, 0) is 0 Å². The number of carboxylic acid groups (broad SMARTS) is 1. The molecular formula is C15H19F2NO3. The summed E-state index contributed by atoms with van der Waals surface area (Å²) in [7, 11) is 0. The summed E-state index contributed by atoms with van der Waals surface area (Å²) in [6.45, 7) is 1.81. The Morgan fingerprint density at radius 3 is 2.52 bits per heavy atom. The van der Waals surface area contributed by atoms with Crippen LogP contribution in [0.2, 0.25) is 0 Å². The molecule has 21 heavy (non-hydrogen) atoms. The Bertz CT molecular complexity index is 527. The fourth-order valence-corrected chi connectivity index (χ4v) is 3.04. The summed E-state index contributed by atoms with van der Waals surface area (Å²) in [6.07, 6.45) is 3.12. The Morgan fingerprint density at radius 1 is 1.43 bits per heavy atom. The highest BCUT2D eigenvalue weighted by Gasteiger charge is 2.35. The molecule has 6 heteroatoms. The molecule has 0 spiro atoms. The maximum absolute atomic E-state index is 14.0. The van der Waals surface area contributed by atoms with Gasteiger partial charge in [0.2, 0.25) is 0 Å². The van der Waals surface area contributed by atoms with Crippen LogP contribution in [0, 0.1) is 17.6 Å². The smallest absolute Gasteiger partial charge is 0.335 e. The van der Waals surface area contributed by atoms with Gasteiger partial charge in [-0.3, -0.25) is 0 Å². The van der Waals surface area contributed by atoms with Crippen LogP contribution in [0.15, 0.2) is 12.1 Å². The molecule has 3 N–H and O–H groups in total. The zero-order chi connectivity index (χ0) is 15.6. The van der Waals surface area contributed by atoms with Gasteiger partial charge in [0.05, 0.1) is 17.7 Å². The van der Waals surface area contributed by atoms with Gasteiger partial charge in [-0.2, -0.15) is 0 Å². The molecule has 0 bridgehead atoms. The molecule has 1 saturated carbocycles. The first kappa shape index (κ1) is 15.7. The molecule has 1 aliphatic rings. The van der Waals surface area contributed by atoms with Gasteiger partial charge in [-0.15, -0.1) is 0 Å². The van der Waals surface area contributed by atoms with Crippen LogP contribution < -0.4 is 5.32 Å². The minimum Gasteiger partial charge on any atom is -0.478 e. The number of benzene rings is 1. The number of carbonyl (C=O) groups is 1. The molecule has 1 aromatic rings. The molecule has 0 saturated heterocycles. The van der Waals surface area contributed by atoms with Crippen molar-refractivity contribution in [2.45, 2.75) is 38.1 Å². The van der Waals surface area contributed by atoms with E-state index in [-0.39, 0.29) is 12.3 Å². The molecular weight excluding hydrogens is 280 g/mol. The number of carboxylic acids is 1. The van der Waals surface area contributed by atoms with Gasteiger partial charge in [0, 0.05) is 0 Å². The zero-order valence-corrected chi connectivity index (χ0v) is 11.8. The minimum atomic E-state index is -1.39. The number of aliphatic hydroxyl groups excluding tert-OH is 1. The second-order valence-corrected chi connectivity index (χ2v) is 5.89. The summed E-state index contributed by atoms with van der Waals surface area (Å²) in [5, 5.41) is 21.2. The van der Waals surface area contributed by atoms with Gasteiger partial charge in [0.25, 0.3) is 0 Å². The molecule has 4 nitrogen and oxygen atoms in total. The third kappa shape index (κ3) is 3.32. The Hall–Kier alpha value is -1.69. The molecule has 0 amide bonds.